The molecule has 3 aromatic rings. The van der Waals surface area contributed by atoms with Crippen molar-refractivity contribution in [2.24, 2.45) is 5.92 Å². The molecule has 1 aliphatic rings. The summed E-state index contributed by atoms with van der Waals surface area (Å²) in [4.78, 5) is 30.2. The number of carbonyl (C=O) groups excluding carboxylic acids is 2. The van der Waals surface area contributed by atoms with E-state index in [4.69, 9.17) is 4.74 Å². The highest BCUT2D eigenvalue weighted by Gasteiger charge is 2.30. The number of hydrogen-bond acceptors (Lipinski definition) is 4. The highest BCUT2D eigenvalue weighted by atomic mass is 79.9. The molecule has 1 aliphatic heterocycles. The molecular weight excluding hydrogens is 428 g/mol. The fraction of sp³-hybridized carbons (Fsp3) is 0.300. The first-order valence-electron chi connectivity index (χ1n) is 8.87. The lowest BCUT2D eigenvalue weighted by molar-refractivity contribution is -0.151. The number of hydrogen-bond donors (Lipinski definition) is 1. The summed E-state index contributed by atoms with van der Waals surface area (Å²) in [5.41, 5.74) is 2.47. The molecule has 2 aromatic heterocycles. The Labute approximate surface area is 169 Å². The number of likely N-dealkylation sites (tertiary alicyclic amines) is 1. The second kappa shape index (κ2) is 7.86. The van der Waals surface area contributed by atoms with E-state index in [1.165, 1.54) is 0 Å². The van der Waals surface area contributed by atoms with Crippen molar-refractivity contribution in [3.63, 3.8) is 0 Å². The number of aromatic nitrogens is 1. The van der Waals surface area contributed by atoms with Crippen molar-refractivity contribution in [1.29, 1.82) is 0 Å². The lowest BCUT2D eigenvalue weighted by atomic mass is 9.98. The minimum Gasteiger partial charge on any atom is -0.461 e. The molecule has 0 aliphatic carbocycles. The summed E-state index contributed by atoms with van der Waals surface area (Å²) in [5.74, 6) is -0.563. The third kappa shape index (κ3) is 3.94. The molecule has 0 spiro atoms. The molecule has 4 rings (SSSR count). The molecule has 27 heavy (non-hydrogen) atoms. The fourth-order valence-electron chi connectivity index (χ4n) is 3.37. The van der Waals surface area contributed by atoms with Gasteiger partial charge in [-0.2, -0.15) is 0 Å². The van der Waals surface area contributed by atoms with Crippen LogP contribution in [0.5, 0.6) is 0 Å². The van der Waals surface area contributed by atoms with Crippen LogP contribution in [-0.2, 0) is 16.1 Å². The van der Waals surface area contributed by atoms with Gasteiger partial charge in [0.05, 0.1) is 20.6 Å². The number of rotatable bonds is 4. The monoisotopic (exact) mass is 446 g/mol. The number of amides is 1. The second-order valence-electron chi connectivity index (χ2n) is 6.69. The Kier molecular flexibility index (Phi) is 5.31. The Hall–Kier alpha value is -2.12. The maximum absolute atomic E-state index is 12.9. The topological polar surface area (TPSA) is 62.4 Å². The first-order chi connectivity index (χ1) is 13.1. The predicted octanol–water partition coefficient (Wildman–Crippen LogP) is 4.59. The van der Waals surface area contributed by atoms with Crippen LogP contribution in [0.4, 0.5) is 0 Å². The number of thiophene rings is 1. The maximum atomic E-state index is 12.9. The number of fused-ring (bicyclic) bond motifs is 1. The van der Waals surface area contributed by atoms with Crippen LogP contribution in [0, 0.1) is 5.92 Å². The molecule has 3 heterocycles. The SMILES string of the molecule is O=C(OCc1ccccc1)C1CCCN(C(=O)c2cc3scc(Br)c3[nH]2)C1. The zero-order chi connectivity index (χ0) is 18.8. The van der Waals surface area contributed by atoms with E-state index in [1.807, 2.05) is 41.8 Å². The number of ether oxygens (including phenoxy) is 1. The highest BCUT2D eigenvalue weighted by Crippen LogP contribution is 2.31. The lowest BCUT2D eigenvalue weighted by Gasteiger charge is -2.31. The largest absolute Gasteiger partial charge is 0.461 e. The first kappa shape index (κ1) is 18.3. The molecule has 1 atom stereocenters. The van der Waals surface area contributed by atoms with Gasteiger partial charge in [0, 0.05) is 18.5 Å². The van der Waals surface area contributed by atoms with Gasteiger partial charge < -0.3 is 14.6 Å². The Balaban J connectivity index is 1.39. The van der Waals surface area contributed by atoms with E-state index in [0.29, 0.717) is 18.8 Å². The number of nitrogens with one attached hydrogen (secondary N) is 1. The molecule has 7 heteroatoms. The number of carbonyl (C=O) groups is 2. The number of aromatic amines is 1. The van der Waals surface area contributed by atoms with E-state index >= 15 is 0 Å². The molecule has 1 N–H and O–H groups in total. The summed E-state index contributed by atoms with van der Waals surface area (Å²) in [6.07, 6.45) is 1.55. The maximum Gasteiger partial charge on any atom is 0.311 e. The van der Waals surface area contributed by atoms with E-state index in [0.717, 1.165) is 33.1 Å². The molecule has 1 saturated heterocycles. The summed E-state index contributed by atoms with van der Waals surface area (Å²) in [6, 6.07) is 11.5. The number of benzene rings is 1. The number of piperidine rings is 1. The van der Waals surface area contributed by atoms with Gasteiger partial charge in [0.1, 0.15) is 12.3 Å². The van der Waals surface area contributed by atoms with E-state index in [1.54, 1.807) is 16.2 Å². The van der Waals surface area contributed by atoms with Gasteiger partial charge in [0.15, 0.2) is 0 Å². The minimum absolute atomic E-state index is 0.0640. The van der Waals surface area contributed by atoms with E-state index in [2.05, 4.69) is 20.9 Å². The van der Waals surface area contributed by atoms with Crippen LogP contribution in [0.15, 0.2) is 46.3 Å². The van der Waals surface area contributed by atoms with Gasteiger partial charge in [-0.25, -0.2) is 0 Å². The van der Waals surface area contributed by atoms with Crippen LogP contribution in [0.1, 0.15) is 28.9 Å². The van der Waals surface area contributed by atoms with E-state index in [9.17, 15) is 9.59 Å². The third-order valence-electron chi connectivity index (χ3n) is 4.81. The smallest absolute Gasteiger partial charge is 0.311 e. The normalized spacial score (nSPS) is 17.2. The standard InChI is InChI=1S/C20H19BrN2O3S/c21-15-12-27-17-9-16(22-18(15)17)19(24)23-8-4-7-14(10-23)20(25)26-11-13-5-2-1-3-6-13/h1-3,5-6,9,12,14,22H,4,7-8,10-11H2. The third-order valence-corrected chi connectivity index (χ3v) is 6.66. The van der Waals surface area contributed by atoms with Crippen molar-refractivity contribution in [2.75, 3.05) is 13.1 Å². The molecule has 1 aromatic carbocycles. The molecule has 5 nitrogen and oxygen atoms in total. The Morgan fingerprint density at radius 2 is 2.11 bits per heavy atom. The Bertz CT molecular complexity index is 966. The average molecular weight is 447 g/mol. The van der Waals surface area contributed by atoms with Crippen LogP contribution >= 0.6 is 27.3 Å². The van der Waals surface area contributed by atoms with Crippen molar-refractivity contribution >= 4 is 49.4 Å². The zero-order valence-corrected chi connectivity index (χ0v) is 17.0. The van der Waals surface area contributed by atoms with Gasteiger partial charge in [-0.1, -0.05) is 30.3 Å². The molecule has 0 saturated carbocycles. The molecule has 1 amide bonds. The fourth-order valence-corrected chi connectivity index (χ4v) is 4.90. The van der Waals surface area contributed by atoms with E-state index < -0.39 is 0 Å². The van der Waals surface area contributed by atoms with Crippen molar-refractivity contribution in [3.05, 3.63) is 57.5 Å². The van der Waals surface area contributed by atoms with Gasteiger partial charge in [0.2, 0.25) is 0 Å². The Morgan fingerprint density at radius 1 is 1.30 bits per heavy atom. The quantitative estimate of drug-likeness (QED) is 0.596. The van der Waals surface area contributed by atoms with Crippen LogP contribution < -0.4 is 0 Å². The van der Waals surface area contributed by atoms with Crippen LogP contribution in [0.2, 0.25) is 0 Å². The molecule has 140 valence electrons. The van der Waals surface area contributed by atoms with E-state index in [-0.39, 0.29) is 24.4 Å². The lowest BCUT2D eigenvalue weighted by Crippen LogP contribution is -2.42. The van der Waals surface area contributed by atoms with Gasteiger partial charge in [-0.05, 0) is 40.4 Å². The van der Waals surface area contributed by atoms with Crippen LogP contribution in [0.25, 0.3) is 10.2 Å². The van der Waals surface area contributed by atoms with Crippen LogP contribution in [-0.4, -0.2) is 34.8 Å². The number of halogens is 1. The number of nitrogens with zero attached hydrogens (tertiary/aromatic N) is 1. The molecule has 0 bridgehead atoms. The molecule has 1 fully saturated rings. The summed E-state index contributed by atoms with van der Waals surface area (Å²) in [5, 5.41) is 2.00. The summed E-state index contributed by atoms with van der Waals surface area (Å²) < 4.78 is 7.47. The van der Waals surface area contributed by atoms with Crippen LogP contribution in [0.3, 0.4) is 0 Å². The molecule has 0 radical (unpaired) electrons. The second-order valence-corrected chi connectivity index (χ2v) is 8.46. The van der Waals surface area contributed by atoms with Crippen molar-refractivity contribution < 1.29 is 14.3 Å². The molecule has 1 unspecified atom stereocenters. The summed E-state index contributed by atoms with van der Waals surface area (Å²) >= 11 is 5.07. The van der Waals surface area contributed by atoms with Crippen molar-refractivity contribution in [2.45, 2.75) is 19.4 Å². The summed E-state index contributed by atoms with van der Waals surface area (Å²) in [6.45, 7) is 1.33. The van der Waals surface area contributed by atoms with Crippen molar-refractivity contribution in [3.8, 4) is 0 Å². The predicted molar refractivity (Wildman–Crippen MR) is 109 cm³/mol. The average Bonchev–Trinajstić information content (AvgIpc) is 3.28. The zero-order valence-electron chi connectivity index (χ0n) is 14.6. The highest BCUT2D eigenvalue weighted by molar-refractivity contribution is 9.10. The number of H-pyrrole nitrogens is 1. The molecular formula is C20H19BrN2O3S. The van der Waals surface area contributed by atoms with Gasteiger partial charge >= 0.3 is 5.97 Å². The minimum atomic E-state index is -0.269. The number of esters is 1. The van der Waals surface area contributed by atoms with Gasteiger partial charge in [-0.15, -0.1) is 11.3 Å². The van der Waals surface area contributed by atoms with Gasteiger partial charge in [-0.3, -0.25) is 9.59 Å². The summed E-state index contributed by atoms with van der Waals surface area (Å²) in [7, 11) is 0. The Morgan fingerprint density at radius 3 is 2.89 bits per heavy atom. The van der Waals surface area contributed by atoms with Gasteiger partial charge in [0.25, 0.3) is 5.91 Å². The first-order valence-corrected chi connectivity index (χ1v) is 10.5. The van der Waals surface area contributed by atoms with Crippen molar-refractivity contribution in [1.82, 2.24) is 9.88 Å².